The SMILES string of the molecule is CCOC(=O)C(Cc1ccccc1)(OC[C@H]1O[C@@H](n2cnc3c(Cl)nc(Cl)nc32)[C@H](OC(C)=O)[C@@H]1OC(C)=O)C(=O)OCC. The molecule has 236 valence electrons. The summed E-state index contributed by atoms with van der Waals surface area (Å²) in [4.78, 5) is 63.5. The molecule has 1 aliphatic rings. The van der Waals surface area contributed by atoms with Crippen LogP contribution < -0.4 is 0 Å². The lowest BCUT2D eigenvalue weighted by Gasteiger charge is -2.31. The van der Waals surface area contributed by atoms with Crippen molar-refractivity contribution in [3.8, 4) is 0 Å². The molecule has 0 radical (unpaired) electrons. The molecule has 0 saturated carbocycles. The van der Waals surface area contributed by atoms with E-state index < -0.39 is 60.6 Å². The van der Waals surface area contributed by atoms with E-state index in [9.17, 15) is 19.2 Å². The first-order valence-corrected chi connectivity index (χ1v) is 14.3. The Kier molecular flexibility index (Phi) is 10.7. The van der Waals surface area contributed by atoms with E-state index in [-0.39, 0.29) is 41.2 Å². The summed E-state index contributed by atoms with van der Waals surface area (Å²) in [5, 5.41) is -0.218. The van der Waals surface area contributed by atoms with Gasteiger partial charge in [-0.1, -0.05) is 41.9 Å². The van der Waals surface area contributed by atoms with Crippen LogP contribution in [0.25, 0.3) is 11.2 Å². The van der Waals surface area contributed by atoms with Crippen LogP contribution in [0.3, 0.4) is 0 Å². The van der Waals surface area contributed by atoms with Crippen molar-refractivity contribution in [3.05, 3.63) is 52.7 Å². The molecule has 2 aromatic heterocycles. The van der Waals surface area contributed by atoms with Gasteiger partial charge < -0.3 is 28.4 Å². The van der Waals surface area contributed by atoms with Crippen molar-refractivity contribution in [1.29, 1.82) is 0 Å². The van der Waals surface area contributed by atoms with Crippen molar-refractivity contribution in [2.75, 3.05) is 19.8 Å². The van der Waals surface area contributed by atoms with Crippen molar-refractivity contribution < 1.29 is 47.6 Å². The number of rotatable bonds is 12. The van der Waals surface area contributed by atoms with Crippen LogP contribution in [0.1, 0.15) is 39.5 Å². The van der Waals surface area contributed by atoms with Crippen LogP contribution in [-0.2, 0) is 54.0 Å². The second-order valence-electron chi connectivity index (χ2n) is 9.56. The Morgan fingerprint density at radius 1 is 0.932 bits per heavy atom. The highest BCUT2D eigenvalue weighted by atomic mass is 35.5. The number of carbonyl (C=O) groups excluding carboxylic acids is 4. The van der Waals surface area contributed by atoms with Crippen LogP contribution in [-0.4, -0.2) is 87.1 Å². The normalized spacial score (nSPS) is 19.9. The van der Waals surface area contributed by atoms with E-state index in [1.807, 2.05) is 0 Å². The minimum absolute atomic E-state index is 0.0354. The van der Waals surface area contributed by atoms with Gasteiger partial charge >= 0.3 is 23.9 Å². The van der Waals surface area contributed by atoms with Crippen molar-refractivity contribution in [3.63, 3.8) is 0 Å². The number of ether oxygens (including phenoxy) is 6. The van der Waals surface area contributed by atoms with E-state index >= 15 is 0 Å². The number of halogens is 2. The number of esters is 4. The van der Waals surface area contributed by atoms with Gasteiger partial charge in [-0.3, -0.25) is 14.2 Å². The van der Waals surface area contributed by atoms with Gasteiger partial charge in [0.2, 0.25) is 5.28 Å². The second kappa shape index (κ2) is 14.3. The summed E-state index contributed by atoms with van der Waals surface area (Å²) in [6.07, 6.45) is -3.86. The van der Waals surface area contributed by atoms with Crippen LogP contribution in [0.2, 0.25) is 10.4 Å². The first-order chi connectivity index (χ1) is 21.0. The quantitative estimate of drug-likeness (QED) is 0.0921. The van der Waals surface area contributed by atoms with E-state index in [2.05, 4.69) is 15.0 Å². The fraction of sp³-hybridized carbons (Fsp3) is 0.464. The van der Waals surface area contributed by atoms with Crippen LogP contribution in [0.15, 0.2) is 36.7 Å². The maximum atomic E-state index is 13.4. The topological polar surface area (TPSA) is 167 Å². The van der Waals surface area contributed by atoms with Gasteiger partial charge in [0.1, 0.15) is 11.6 Å². The van der Waals surface area contributed by atoms with E-state index in [0.717, 1.165) is 6.92 Å². The number of nitrogens with zero attached hydrogens (tertiary/aromatic N) is 4. The highest BCUT2D eigenvalue weighted by Crippen LogP contribution is 2.37. The zero-order valence-electron chi connectivity index (χ0n) is 24.2. The summed E-state index contributed by atoms with van der Waals surface area (Å²) in [7, 11) is 0. The lowest BCUT2D eigenvalue weighted by molar-refractivity contribution is -0.198. The molecule has 0 N–H and O–H groups in total. The fourth-order valence-corrected chi connectivity index (χ4v) is 5.18. The first kappa shape index (κ1) is 33.1. The van der Waals surface area contributed by atoms with Gasteiger partial charge in [-0.2, -0.15) is 4.98 Å². The van der Waals surface area contributed by atoms with Gasteiger partial charge in [-0.05, 0) is 31.0 Å². The standard InChI is InChI=1S/C28H30Cl2N4O10/c1-5-39-25(37)28(26(38)40-6-2,12-17-10-8-7-9-11-17)41-13-18-20(42-15(3)35)21(43-16(4)36)24(44-18)34-14-31-19-22(29)32-27(30)33-23(19)34/h7-11,14,18,20-21,24H,5-6,12-13H2,1-4H3/t18-,20-,21-,24-/m1/s1. The van der Waals surface area contributed by atoms with Crippen molar-refractivity contribution in [2.24, 2.45) is 0 Å². The molecule has 0 aliphatic carbocycles. The van der Waals surface area contributed by atoms with Gasteiger partial charge in [-0.15, -0.1) is 0 Å². The Balaban J connectivity index is 1.76. The third-order valence-corrected chi connectivity index (χ3v) is 6.95. The van der Waals surface area contributed by atoms with Crippen molar-refractivity contribution in [1.82, 2.24) is 19.5 Å². The molecule has 1 aliphatic heterocycles. The highest BCUT2D eigenvalue weighted by molar-refractivity contribution is 6.35. The molecule has 44 heavy (non-hydrogen) atoms. The summed E-state index contributed by atoms with van der Waals surface area (Å²) in [6, 6.07) is 8.66. The molecule has 0 spiro atoms. The average Bonchev–Trinajstić information content (AvgIpc) is 3.52. The molecular weight excluding hydrogens is 623 g/mol. The number of fused-ring (bicyclic) bond motifs is 1. The lowest BCUT2D eigenvalue weighted by atomic mass is 9.93. The molecule has 4 atom stereocenters. The second-order valence-corrected chi connectivity index (χ2v) is 10.3. The Morgan fingerprint density at radius 2 is 1.55 bits per heavy atom. The van der Waals surface area contributed by atoms with E-state index in [1.165, 1.54) is 17.8 Å². The monoisotopic (exact) mass is 652 g/mol. The number of hydrogen-bond donors (Lipinski definition) is 0. The first-order valence-electron chi connectivity index (χ1n) is 13.6. The van der Waals surface area contributed by atoms with E-state index in [0.29, 0.717) is 5.56 Å². The summed E-state index contributed by atoms with van der Waals surface area (Å²) >= 11 is 12.2. The molecular formula is C28H30Cl2N4O10. The molecule has 1 aromatic carbocycles. The average molecular weight is 653 g/mol. The maximum Gasteiger partial charge on any atom is 0.350 e. The largest absolute Gasteiger partial charge is 0.463 e. The minimum atomic E-state index is -2.26. The maximum absolute atomic E-state index is 13.4. The molecule has 1 fully saturated rings. The highest BCUT2D eigenvalue weighted by Gasteiger charge is 2.55. The lowest BCUT2D eigenvalue weighted by Crippen LogP contribution is -2.54. The Labute approximate surface area is 261 Å². The molecule has 0 unspecified atom stereocenters. The van der Waals surface area contributed by atoms with Gasteiger partial charge in [-0.25, -0.2) is 19.6 Å². The summed E-state index contributed by atoms with van der Waals surface area (Å²) in [5.41, 5.74) is -1.37. The van der Waals surface area contributed by atoms with Gasteiger partial charge in [0, 0.05) is 20.3 Å². The molecule has 0 amide bonds. The minimum Gasteiger partial charge on any atom is -0.463 e. The smallest absolute Gasteiger partial charge is 0.350 e. The van der Waals surface area contributed by atoms with Gasteiger partial charge in [0.05, 0.1) is 26.1 Å². The molecule has 1 saturated heterocycles. The molecule has 3 aromatic rings. The van der Waals surface area contributed by atoms with Gasteiger partial charge in [0.15, 0.2) is 29.2 Å². The Bertz CT molecular complexity index is 1500. The zero-order valence-corrected chi connectivity index (χ0v) is 25.7. The van der Waals surface area contributed by atoms with E-state index in [4.69, 9.17) is 51.6 Å². The summed E-state index contributed by atoms with van der Waals surface area (Å²) < 4.78 is 35.4. The number of carbonyl (C=O) groups is 4. The molecule has 3 heterocycles. The number of hydrogen-bond acceptors (Lipinski definition) is 13. The van der Waals surface area contributed by atoms with Gasteiger partial charge in [0.25, 0.3) is 5.60 Å². The number of benzene rings is 1. The number of imidazole rings is 1. The van der Waals surface area contributed by atoms with Crippen LogP contribution in [0.5, 0.6) is 0 Å². The predicted molar refractivity (Wildman–Crippen MR) is 152 cm³/mol. The molecule has 16 heteroatoms. The fourth-order valence-electron chi connectivity index (χ4n) is 4.76. The Hall–Kier alpha value is -3.85. The third-order valence-electron chi connectivity index (χ3n) is 6.52. The van der Waals surface area contributed by atoms with Crippen molar-refractivity contribution >= 4 is 58.2 Å². The molecule has 14 nitrogen and oxygen atoms in total. The van der Waals surface area contributed by atoms with Crippen LogP contribution >= 0.6 is 23.2 Å². The van der Waals surface area contributed by atoms with Crippen molar-refractivity contribution in [2.45, 2.75) is 64.3 Å². The van der Waals surface area contributed by atoms with Crippen LogP contribution in [0, 0.1) is 0 Å². The molecule has 0 bridgehead atoms. The third kappa shape index (κ3) is 7.09. The summed E-state index contributed by atoms with van der Waals surface area (Å²) in [6.45, 7) is 4.88. The van der Waals surface area contributed by atoms with Crippen LogP contribution in [0.4, 0.5) is 0 Å². The zero-order chi connectivity index (χ0) is 32.0. The van der Waals surface area contributed by atoms with E-state index in [1.54, 1.807) is 44.2 Å². The number of aromatic nitrogens is 4. The molecule has 4 rings (SSSR count). The predicted octanol–water partition coefficient (Wildman–Crippen LogP) is 3.02. The Morgan fingerprint density at radius 3 is 2.14 bits per heavy atom. The summed E-state index contributed by atoms with van der Waals surface area (Å²) in [5.74, 6) is -3.41.